The normalized spacial score (nSPS) is 18.8. The smallest absolute Gasteiger partial charge is 0.240 e. The molecule has 110 valence electrons. The van der Waals surface area contributed by atoms with Gasteiger partial charge < -0.3 is 0 Å². The molecule has 0 bridgehead atoms. The summed E-state index contributed by atoms with van der Waals surface area (Å²) >= 11 is 1.34. The molecule has 1 aliphatic heterocycles. The summed E-state index contributed by atoms with van der Waals surface area (Å²) in [5.74, 6) is -0.0219. The Morgan fingerprint density at radius 3 is 3.19 bits per heavy atom. The van der Waals surface area contributed by atoms with Crippen LogP contribution in [0.25, 0.3) is 0 Å². The maximum Gasteiger partial charge on any atom is 0.240 e. The molecule has 0 radical (unpaired) electrons. The van der Waals surface area contributed by atoms with Gasteiger partial charge in [-0.1, -0.05) is 41.2 Å². The molecule has 1 aromatic heterocycles. The number of carbonyl (C=O) groups is 1. The molecule has 0 aliphatic carbocycles. The van der Waals surface area contributed by atoms with Gasteiger partial charge in [-0.2, -0.15) is 0 Å². The number of aryl methyl sites for hydroxylation is 1. The molecule has 1 fully saturated rings. The molecule has 1 N–H and O–H groups in total. The van der Waals surface area contributed by atoms with Crippen molar-refractivity contribution in [2.45, 2.75) is 25.8 Å². The van der Waals surface area contributed by atoms with Crippen LogP contribution in [0.4, 0.5) is 5.13 Å². The van der Waals surface area contributed by atoms with Crippen molar-refractivity contribution in [2.75, 3.05) is 18.4 Å². The monoisotopic (exact) mass is 302 g/mol. The van der Waals surface area contributed by atoms with Crippen molar-refractivity contribution in [1.29, 1.82) is 0 Å². The van der Waals surface area contributed by atoms with Crippen LogP contribution >= 0.6 is 11.3 Å². The number of anilines is 1. The number of nitrogens with zero attached hydrogens (tertiary/aromatic N) is 3. The van der Waals surface area contributed by atoms with Gasteiger partial charge in [0.25, 0.3) is 0 Å². The van der Waals surface area contributed by atoms with Gasteiger partial charge in [-0.05, 0) is 31.9 Å². The molecule has 1 aromatic carbocycles. The zero-order valence-electron chi connectivity index (χ0n) is 12.0. The quantitative estimate of drug-likeness (QED) is 0.943. The second kappa shape index (κ2) is 6.32. The maximum absolute atomic E-state index is 12.1. The number of aromatic nitrogens is 2. The summed E-state index contributed by atoms with van der Waals surface area (Å²) in [5.41, 5.74) is 4.18. The Hall–Kier alpha value is -1.79. The van der Waals surface area contributed by atoms with Gasteiger partial charge in [-0.3, -0.25) is 15.0 Å². The van der Waals surface area contributed by atoms with Crippen LogP contribution in [0.2, 0.25) is 0 Å². The highest BCUT2D eigenvalue weighted by molar-refractivity contribution is 7.13. The molecule has 1 atom stereocenters. The number of amides is 1. The van der Waals surface area contributed by atoms with Gasteiger partial charge in [0.05, 0.1) is 6.54 Å². The van der Waals surface area contributed by atoms with E-state index in [2.05, 4.69) is 51.6 Å². The molecule has 0 spiro atoms. The molecule has 2 heterocycles. The largest absolute Gasteiger partial charge is 0.299 e. The van der Waals surface area contributed by atoms with E-state index >= 15 is 0 Å². The van der Waals surface area contributed by atoms with Crippen molar-refractivity contribution in [2.24, 2.45) is 0 Å². The molecule has 1 saturated heterocycles. The van der Waals surface area contributed by atoms with Crippen molar-refractivity contribution in [3.63, 3.8) is 0 Å². The van der Waals surface area contributed by atoms with E-state index in [0.717, 1.165) is 19.4 Å². The molecular weight excluding hydrogens is 284 g/mol. The highest BCUT2D eigenvalue weighted by Crippen LogP contribution is 2.31. The molecule has 21 heavy (non-hydrogen) atoms. The predicted octanol–water partition coefficient (Wildman–Crippen LogP) is 2.62. The third kappa shape index (κ3) is 3.46. The molecule has 2 aromatic rings. The first kappa shape index (κ1) is 14.2. The zero-order valence-corrected chi connectivity index (χ0v) is 12.8. The highest BCUT2D eigenvalue weighted by Gasteiger charge is 2.27. The van der Waals surface area contributed by atoms with Crippen LogP contribution in [0.15, 0.2) is 29.8 Å². The summed E-state index contributed by atoms with van der Waals surface area (Å²) < 4.78 is 0. The number of hydrogen-bond donors (Lipinski definition) is 1. The topological polar surface area (TPSA) is 58.1 Å². The summed E-state index contributed by atoms with van der Waals surface area (Å²) in [5, 5.41) is 10.9. The van der Waals surface area contributed by atoms with Gasteiger partial charge in [0, 0.05) is 6.04 Å². The molecule has 3 rings (SSSR count). The van der Waals surface area contributed by atoms with Crippen LogP contribution in [0.1, 0.15) is 30.0 Å². The molecule has 6 heteroatoms. The van der Waals surface area contributed by atoms with E-state index in [0.29, 0.717) is 17.7 Å². The van der Waals surface area contributed by atoms with E-state index in [-0.39, 0.29) is 5.91 Å². The molecule has 5 nitrogen and oxygen atoms in total. The number of nitrogens with one attached hydrogen (secondary N) is 1. The van der Waals surface area contributed by atoms with Crippen LogP contribution < -0.4 is 5.32 Å². The molecular formula is C15H18N4OS. The number of benzene rings is 1. The highest BCUT2D eigenvalue weighted by atomic mass is 32.1. The number of likely N-dealkylation sites (tertiary alicyclic amines) is 1. The average molecular weight is 302 g/mol. The third-order valence-corrected chi connectivity index (χ3v) is 4.35. The van der Waals surface area contributed by atoms with E-state index in [4.69, 9.17) is 0 Å². The van der Waals surface area contributed by atoms with Crippen LogP contribution in [-0.2, 0) is 4.79 Å². The Bertz CT molecular complexity index is 614. The fraction of sp³-hybridized carbons (Fsp3) is 0.400. The SMILES string of the molecule is Cc1cccc(C2CCCN2CC(=O)Nc2nncs2)c1. The Labute approximate surface area is 128 Å². The first-order chi connectivity index (χ1) is 10.2. The lowest BCUT2D eigenvalue weighted by Gasteiger charge is -2.24. The first-order valence-electron chi connectivity index (χ1n) is 7.09. The zero-order chi connectivity index (χ0) is 14.7. The summed E-state index contributed by atoms with van der Waals surface area (Å²) in [6.45, 7) is 3.46. The van der Waals surface area contributed by atoms with Crippen LogP contribution in [-0.4, -0.2) is 34.1 Å². The minimum absolute atomic E-state index is 0.0219. The summed E-state index contributed by atoms with van der Waals surface area (Å²) in [4.78, 5) is 14.3. The molecule has 0 saturated carbocycles. The lowest BCUT2D eigenvalue weighted by atomic mass is 10.0. The second-order valence-corrected chi connectivity index (χ2v) is 6.17. The number of carbonyl (C=O) groups excluding carboxylic acids is 1. The van der Waals surface area contributed by atoms with Gasteiger partial charge in [0.15, 0.2) is 0 Å². The fourth-order valence-electron chi connectivity index (χ4n) is 2.84. The molecule has 1 amide bonds. The Kier molecular flexibility index (Phi) is 4.26. The minimum atomic E-state index is -0.0219. The molecule has 1 unspecified atom stereocenters. The maximum atomic E-state index is 12.1. The van der Waals surface area contributed by atoms with Crippen LogP contribution in [0, 0.1) is 6.92 Å². The van der Waals surface area contributed by atoms with Gasteiger partial charge >= 0.3 is 0 Å². The van der Waals surface area contributed by atoms with E-state index in [1.165, 1.54) is 22.5 Å². The van der Waals surface area contributed by atoms with Gasteiger partial charge in [0.2, 0.25) is 11.0 Å². The van der Waals surface area contributed by atoms with Crippen molar-refractivity contribution in [3.8, 4) is 0 Å². The van der Waals surface area contributed by atoms with E-state index < -0.39 is 0 Å². The van der Waals surface area contributed by atoms with Crippen molar-refractivity contribution in [3.05, 3.63) is 40.9 Å². The Morgan fingerprint density at radius 2 is 2.43 bits per heavy atom. The Balaban J connectivity index is 1.65. The minimum Gasteiger partial charge on any atom is -0.299 e. The van der Waals surface area contributed by atoms with Crippen molar-refractivity contribution < 1.29 is 4.79 Å². The summed E-state index contributed by atoms with van der Waals surface area (Å²) in [6, 6.07) is 8.89. The van der Waals surface area contributed by atoms with E-state index in [1.54, 1.807) is 5.51 Å². The van der Waals surface area contributed by atoms with Gasteiger partial charge in [0.1, 0.15) is 5.51 Å². The van der Waals surface area contributed by atoms with E-state index in [1.807, 2.05) is 0 Å². The first-order valence-corrected chi connectivity index (χ1v) is 7.97. The number of rotatable bonds is 4. The summed E-state index contributed by atoms with van der Waals surface area (Å²) in [7, 11) is 0. The predicted molar refractivity (Wildman–Crippen MR) is 83.3 cm³/mol. The molecule has 1 aliphatic rings. The standard InChI is InChI=1S/C15H18N4OS/c1-11-4-2-5-12(8-11)13-6-3-7-19(13)9-14(20)17-15-18-16-10-21-15/h2,4-5,8,10,13H,3,6-7,9H2,1H3,(H,17,18,20). The lowest BCUT2D eigenvalue weighted by Crippen LogP contribution is -2.32. The Morgan fingerprint density at radius 1 is 1.52 bits per heavy atom. The third-order valence-electron chi connectivity index (χ3n) is 3.74. The van der Waals surface area contributed by atoms with Crippen LogP contribution in [0.5, 0.6) is 0 Å². The van der Waals surface area contributed by atoms with Crippen LogP contribution in [0.3, 0.4) is 0 Å². The number of hydrogen-bond acceptors (Lipinski definition) is 5. The second-order valence-electron chi connectivity index (χ2n) is 5.33. The lowest BCUT2D eigenvalue weighted by molar-refractivity contribution is -0.117. The fourth-order valence-corrected chi connectivity index (χ4v) is 3.30. The van der Waals surface area contributed by atoms with Gasteiger partial charge in [-0.25, -0.2) is 0 Å². The van der Waals surface area contributed by atoms with Crippen molar-refractivity contribution in [1.82, 2.24) is 15.1 Å². The van der Waals surface area contributed by atoms with Crippen molar-refractivity contribution >= 4 is 22.4 Å². The van der Waals surface area contributed by atoms with E-state index in [9.17, 15) is 4.79 Å². The average Bonchev–Trinajstić information content (AvgIpc) is 3.10. The summed E-state index contributed by atoms with van der Waals surface area (Å²) in [6.07, 6.45) is 2.24. The van der Waals surface area contributed by atoms with Gasteiger partial charge in [-0.15, -0.1) is 10.2 Å².